The Labute approximate surface area is 116 Å². The maximum absolute atomic E-state index is 10.9. The Bertz CT molecular complexity index is 629. The molecule has 20 heavy (non-hydrogen) atoms. The molecule has 0 saturated heterocycles. The summed E-state index contributed by atoms with van der Waals surface area (Å²) in [7, 11) is 0. The van der Waals surface area contributed by atoms with E-state index in [1.807, 2.05) is 19.1 Å². The quantitative estimate of drug-likeness (QED) is 0.924. The van der Waals surface area contributed by atoms with E-state index in [0.29, 0.717) is 5.92 Å². The average Bonchev–Trinajstić information content (AvgIpc) is 2.78. The average molecular weight is 274 g/mol. The number of rotatable bonds is 3. The lowest BCUT2D eigenvalue weighted by atomic mass is 9.80. The van der Waals surface area contributed by atoms with Crippen molar-refractivity contribution in [1.82, 2.24) is 19.8 Å². The van der Waals surface area contributed by atoms with Crippen LogP contribution >= 0.6 is 0 Å². The van der Waals surface area contributed by atoms with E-state index < -0.39 is 5.97 Å². The fourth-order valence-corrected chi connectivity index (χ4v) is 2.94. The number of hydrogen-bond donors (Lipinski definition) is 1. The first-order valence-corrected chi connectivity index (χ1v) is 7.04. The van der Waals surface area contributed by atoms with Gasteiger partial charge in [-0.05, 0) is 57.1 Å². The highest BCUT2D eigenvalue weighted by atomic mass is 16.4. The van der Waals surface area contributed by atoms with Gasteiger partial charge in [0.15, 0.2) is 5.65 Å². The lowest BCUT2D eigenvalue weighted by Gasteiger charge is -2.25. The van der Waals surface area contributed by atoms with Gasteiger partial charge in [-0.25, -0.2) is 4.98 Å². The highest BCUT2D eigenvalue weighted by molar-refractivity contribution is 5.69. The monoisotopic (exact) mass is 274 g/mol. The Morgan fingerprint density at radius 1 is 1.30 bits per heavy atom. The van der Waals surface area contributed by atoms with Crippen molar-refractivity contribution in [2.45, 2.75) is 39.0 Å². The van der Waals surface area contributed by atoms with E-state index in [1.54, 1.807) is 4.63 Å². The minimum atomic E-state index is -0.652. The molecule has 0 radical (unpaired) electrons. The summed E-state index contributed by atoms with van der Waals surface area (Å²) in [4.78, 5) is 15.2. The summed E-state index contributed by atoms with van der Waals surface area (Å²) >= 11 is 0. The van der Waals surface area contributed by atoms with Crippen molar-refractivity contribution < 1.29 is 9.90 Å². The molecule has 1 aliphatic rings. The predicted octanol–water partition coefficient (Wildman–Crippen LogP) is 1.87. The number of carboxylic acids is 1. The number of carbonyl (C=O) groups is 1. The van der Waals surface area contributed by atoms with Gasteiger partial charge >= 0.3 is 5.97 Å². The van der Waals surface area contributed by atoms with E-state index in [0.717, 1.165) is 49.3 Å². The second-order valence-corrected chi connectivity index (χ2v) is 5.59. The molecule has 2 aromatic heterocycles. The molecule has 0 aromatic carbocycles. The van der Waals surface area contributed by atoms with Crippen LogP contribution in [-0.4, -0.2) is 30.9 Å². The van der Waals surface area contributed by atoms with E-state index in [2.05, 4.69) is 15.2 Å². The van der Waals surface area contributed by atoms with Crippen LogP contribution in [-0.2, 0) is 11.2 Å². The van der Waals surface area contributed by atoms with Gasteiger partial charge in [-0.2, -0.15) is 5.10 Å². The fourth-order valence-electron chi connectivity index (χ4n) is 2.94. The van der Waals surface area contributed by atoms with E-state index in [-0.39, 0.29) is 5.92 Å². The summed E-state index contributed by atoms with van der Waals surface area (Å²) in [6.45, 7) is 1.85. The molecular formula is C14H18N4O2. The van der Waals surface area contributed by atoms with Crippen molar-refractivity contribution in [2.75, 3.05) is 0 Å². The minimum absolute atomic E-state index is 0.153. The third-order valence-electron chi connectivity index (χ3n) is 4.06. The summed E-state index contributed by atoms with van der Waals surface area (Å²) in [5.74, 6) is 0.442. The van der Waals surface area contributed by atoms with Crippen LogP contribution in [0.1, 0.15) is 37.2 Å². The molecule has 0 unspecified atom stereocenters. The standard InChI is InChI=1S/C14H18N4O2/c1-9-15-13-7-6-12(17-18(13)16-9)8-10-2-4-11(5-3-10)14(19)20/h6-7,10-11H,2-5,8H2,1H3,(H,19,20). The van der Waals surface area contributed by atoms with Crippen molar-refractivity contribution in [2.24, 2.45) is 11.8 Å². The summed E-state index contributed by atoms with van der Waals surface area (Å²) in [6, 6.07) is 3.93. The molecule has 3 rings (SSSR count). The normalized spacial score (nSPS) is 23.1. The van der Waals surface area contributed by atoms with E-state index in [9.17, 15) is 4.79 Å². The Balaban J connectivity index is 1.66. The van der Waals surface area contributed by atoms with E-state index in [4.69, 9.17) is 5.11 Å². The van der Waals surface area contributed by atoms with Gasteiger partial charge in [0, 0.05) is 0 Å². The van der Waals surface area contributed by atoms with Gasteiger partial charge in [0.05, 0.1) is 11.6 Å². The van der Waals surface area contributed by atoms with Gasteiger partial charge < -0.3 is 5.11 Å². The second kappa shape index (κ2) is 5.19. The Hall–Kier alpha value is -1.98. The summed E-state index contributed by atoms with van der Waals surface area (Å²) in [5.41, 5.74) is 1.77. The number of nitrogens with zero attached hydrogens (tertiary/aromatic N) is 4. The summed E-state index contributed by atoms with van der Waals surface area (Å²) < 4.78 is 1.58. The second-order valence-electron chi connectivity index (χ2n) is 5.59. The first-order chi connectivity index (χ1) is 9.61. The maximum Gasteiger partial charge on any atom is 0.306 e. The number of aliphatic carboxylic acids is 1. The topological polar surface area (TPSA) is 80.4 Å². The fraction of sp³-hybridized carbons (Fsp3) is 0.571. The molecule has 1 saturated carbocycles. The molecular weight excluding hydrogens is 256 g/mol. The van der Waals surface area contributed by atoms with Crippen molar-refractivity contribution in [3.05, 3.63) is 23.7 Å². The number of aromatic nitrogens is 4. The molecule has 0 amide bonds. The van der Waals surface area contributed by atoms with Crippen LogP contribution in [0.15, 0.2) is 12.1 Å². The van der Waals surface area contributed by atoms with Crippen molar-refractivity contribution in [1.29, 1.82) is 0 Å². The highest BCUT2D eigenvalue weighted by Crippen LogP contribution is 2.30. The van der Waals surface area contributed by atoms with Crippen LogP contribution in [0.2, 0.25) is 0 Å². The largest absolute Gasteiger partial charge is 0.481 e. The van der Waals surface area contributed by atoms with Crippen LogP contribution in [0.5, 0.6) is 0 Å². The number of hydrogen-bond acceptors (Lipinski definition) is 4. The van der Waals surface area contributed by atoms with Crippen LogP contribution < -0.4 is 0 Å². The molecule has 2 aromatic rings. The van der Waals surface area contributed by atoms with Gasteiger partial charge in [-0.3, -0.25) is 4.79 Å². The molecule has 0 aliphatic heterocycles. The van der Waals surface area contributed by atoms with Gasteiger partial charge in [0.1, 0.15) is 5.82 Å². The lowest BCUT2D eigenvalue weighted by molar-refractivity contribution is -0.143. The summed E-state index contributed by atoms with van der Waals surface area (Å²) in [6.07, 6.45) is 4.39. The smallest absolute Gasteiger partial charge is 0.306 e. The highest BCUT2D eigenvalue weighted by Gasteiger charge is 2.26. The van der Waals surface area contributed by atoms with Crippen LogP contribution in [0.25, 0.3) is 5.65 Å². The Morgan fingerprint density at radius 2 is 2.05 bits per heavy atom. The van der Waals surface area contributed by atoms with Gasteiger partial charge in [0.2, 0.25) is 0 Å². The Kier molecular flexibility index (Phi) is 3.38. The van der Waals surface area contributed by atoms with Gasteiger partial charge in [0.25, 0.3) is 0 Å². The molecule has 0 spiro atoms. The maximum atomic E-state index is 10.9. The lowest BCUT2D eigenvalue weighted by Crippen LogP contribution is -2.22. The molecule has 1 fully saturated rings. The van der Waals surface area contributed by atoms with Crippen molar-refractivity contribution in [3.8, 4) is 0 Å². The first-order valence-electron chi connectivity index (χ1n) is 7.04. The molecule has 0 atom stereocenters. The molecule has 6 heteroatoms. The molecule has 106 valence electrons. The van der Waals surface area contributed by atoms with E-state index in [1.165, 1.54) is 0 Å². The molecule has 0 bridgehead atoms. The minimum Gasteiger partial charge on any atom is -0.481 e. The molecule has 1 aliphatic carbocycles. The zero-order valence-corrected chi connectivity index (χ0v) is 11.5. The molecule has 1 N–H and O–H groups in total. The van der Waals surface area contributed by atoms with E-state index >= 15 is 0 Å². The van der Waals surface area contributed by atoms with Crippen molar-refractivity contribution in [3.63, 3.8) is 0 Å². The zero-order chi connectivity index (χ0) is 14.1. The molecule has 2 heterocycles. The van der Waals surface area contributed by atoms with Crippen LogP contribution in [0.3, 0.4) is 0 Å². The van der Waals surface area contributed by atoms with Crippen molar-refractivity contribution >= 4 is 11.6 Å². The third-order valence-corrected chi connectivity index (χ3v) is 4.06. The van der Waals surface area contributed by atoms with Crippen LogP contribution in [0, 0.1) is 18.8 Å². The predicted molar refractivity (Wildman–Crippen MR) is 72.3 cm³/mol. The number of aryl methyl sites for hydroxylation is 1. The summed E-state index contributed by atoms with van der Waals surface area (Å²) in [5, 5.41) is 17.7. The number of fused-ring (bicyclic) bond motifs is 1. The Morgan fingerprint density at radius 3 is 2.75 bits per heavy atom. The first kappa shape index (κ1) is 13.0. The number of carboxylic acid groups (broad SMARTS) is 1. The van der Waals surface area contributed by atoms with Gasteiger partial charge in [-0.15, -0.1) is 9.73 Å². The SMILES string of the molecule is Cc1nc2ccc(CC3CCC(C(=O)O)CC3)nn2n1. The molecule has 6 nitrogen and oxygen atoms in total. The zero-order valence-electron chi connectivity index (χ0n) is 11.5. The third kappa shape index (κ3) is 2.64. The van der Waals surface area contributed by atoms with Crippen LogP contribution in [0.4, 0.5) is 0 Å². The van der Waals surface area contributed by atoms with Gasteiger partial charge in [-0.1, -0.05) is 0 Å².